The third-order valence-electron chi connectivity index (χ3n) is 5.83. The highest BCUT2D eigenvalue weighted by atomic mass is 19.2. The summed E-state index contributed by atoms with van der Waals surface area (Å²) in [5, 5.41) is 2.75. The van der Waals surface area contributed by atoms with Crippen LogP contribution in [0.4, 0.5) is 23.7 Å². The van der Waals surface area contributed by atoms with E-state index >= 15 is 0 Å². The van der Waals surface area contributed by atoms with Crippen molar-refractivity contribution in [2.45, 2.75) is 32.6 Å². The summed E-state index contributed by atoms with van der Waals surface area (Å²) in [6.07, 6.45) is 2.16. The molecule has 1 N–H and O–H groups in total. The van der Waals surface area contributed by atoms with E-state index in [0.29, 0.717) is 31.1 Å². The van der Waals surface area contributed by atoms with Crippen LogP contribution in [0.15, 0.2) is 41.2 Å². The van der Waals surface area contributed by atoms with Crippen LogP contribution in [0, 0.1) is 24.4 Å². The Balaban J connectivity index is 1.59. The number of ether oxygens (including phenoxy) is 1. The van der Waals surface area contributed by atoms with Crippen molar-refractivity contribution in [1.29, 1.82) is 0 Å². The number of aryl methyl sites for hydroxylation is 1. The molecular weight excluding hydrogens is 409 g/mol. The summed E-state index contributed by atoms with van der Waals surface area (Å²) in [6, 6.07) is 4.94. The molecule has 1 fully saturated rings. The lowest BCUT2D eigenvalue weighted by Crippen LogP contribution is -2.56. The van der Waals surface area contributed by atoms with Gasteiger partial charge in [-0.05, 0) is 59.9 Å². The van der Waals surface area contributed by atoms with Crippen molar-refractivity contribution in [2.24, 2.45) is 4.99 Å². The van der Waals surface area contributed by atoms with Crippen LogP contribution in [0.3, 0.4) is 0 Å². The second kappa shape index (κ2) is 7.12. The van der Waals surface area contributed by atoms with E-state index in [1.54, 1.807) is 18.0 Å². The SMILES string of the molecule is Cc1cc2c(cc1N=C1NC(=O)N(C)C3=CCC(c4cc(F)c(F)c(F)c4)N31)COC2. The summed E-state index contributed by atoms with van der Waals surface area (Å²) >= 11 is 0. The number of amides is 2. The maximum atomic E-state index is 13.9. The van der Waals surface area contributed by atoms with Crippen molar-refractivity contribution in [3.05, 3.63) is 75.9 Å². The number of halogens is 3. The van der Waals surface area contributed by atoms with Crippen LogP contribution in [-0.2, 0) is 18.0 Å². The molecule has 3 aliphatic rings. The molecule has 0 radical (unpaired) electrons. The lowest BCUT2D eigenvalue weighted by molar-refractivity contribution is 0.134. The molecule has 0 saturated carbocycles. The molecule has 9 heteroatoms. The number of carbonyl (C=O) groups excluding carboxylic acids is 1. The zero-order valence-electron chi connectivity index (χ0n) is 16.9. The minimum absolute atomic E-state index is 0.240. The van der Waals surface area contributed by atoms with Crippen molar-refractivity contribution in [2.75, 3.05) is 7.05 Å². The van der Waals surface area contributed by atoms with E-state index in [0.717, 1.165) is 28.8 Å². The average molecular weight is 428 g/mol. The van der Waals surface area contributed by atoms with Gasteiger partial charge in [-0.2, -0.15) is 0 Å². The van der Waals surface area contributed by atoms with Gasteiger partial charge in [-0.15, -0.1) is 0 Å². The molecule has 3 aliphatic heterocycles. The maximum Gasteiger partial charge on any atom is 0.329 e. The molecule has 6 nitrogen and oxygen atoms in total. The standard InChI is InChI=1S/C22H19F3N4O2/c1-11-5-13-9-31-10-14(13)8-17(11)26-21-27-22(30)28(2)19-4-3-18(29(19)21)12-6-15(23)20(25)16(24)7-12/h4-8,18H,3,9-10H2,1-2H3,(H,26,27,30). The topological polar surface area (TPSA) is 57.2 Å². The third kappa shape index (κ3) is 3.16. The smallest absolute Gasteiger partial charge is 0.329 e. The predicted octanol–water partition coefficient (Wildman–Crippen LogP) is 4.37. The number of rotatable bonds is 2. The molecule has 2 aromatic carbocycles. The normalized spacial score (nSPS) is 21.3. The molecule has 0 spiro atoms. The summed E-state index contributed by atoms with van der Waals surface area (Å²) in [6.45, 7) is 2.96. The number of urea groups is 1. The Morgan fingerprint density at radius 2 is 1.77 bits per heavy atom. The fraction of sp³-hybridized carbons (Fsp3) is 0.273. The molecule has 0 aromatic heterocycles. The number of aliphatic imine (C=N–C) groups is 1. The molecular formula is C22H19F3N4O2. The van der Waals surface area contributed by atoms with E-state index in [1.165, 1.54) is 4.90 Å². The van der Waals surface area contributed by atoms with E-state index in [-0.39, 0.29) is 17.6 Å². The highest BCUT2D eigenvalue weighted by Gasteiger charge is 2.40. The Kier molecular flexibility index (Phi) is 4.51. The van der Waals surface area contributed by atoms with E-state index in [9.17, 15) is 18.0 Å². The maximum absolute atomic E-state index is 13.9. The fourth-order valence-corrected chi connectivity index (χ4v) is 4.19. The molecule has 2 aromatic rings. The van der Waals surface area contributed by atoms with Crippen LogP contribution in [0.2, 0.25) is 0 Å². The summed E-state index contributed by atoms with van der Waals surface area (Å²) in [7, 11) is 1.59. The van der Waals surface area contributed by atoms with Gasteiger partial charge < -0.3 is 4.74 Å². The van der Waals surface area contributed by atoms with Crippen LogP contribution in [0.1, 0.15) is 34.7 Å². The van der Waals surface area contributed by atoms with Gasteiger partial charge in [0.05, 0.1) is 24.9 Å². The van der Waals surface area contributed by atoms with Gasteiger partial charge in [0.15, 0.2) is 17.5 Å². The summed E-state index contributed by atoms with van der Waals surface area (Å²) in [5.41, 5.74) is 3.95. The molecule has 0 bridgehead atoms. The first-order valence-corrected chi connectivity index (χ1v) is 9.81. The van der Waals surface area contributed by atoms with Gasteiger partial charge in [0.25, 0.3) is 0 Å². The van der Waals surface area contributed by atoms with E-state index in [2.05, 4.69) is 10.3 Å². The van der Waals surface area contributed by atoms with E-state index in [4.69, 9.17) is 4.74 Å². The molecule has 0 aliphatic carbocycles. The van der Waals surface area contributed by atoms with Gasteiger partial charge >= 0.3 is 6.03 Å². The summed E-state index contributed by atoms with van der Waals surface area (Å²) < 4.78 is 46.8. The molecule has 1 saturated heterocycles. The fourth-order valence-electron chi connectivity index (χ4n) is 4.19. The van der Waals surface area contributed by atoms with Gasteiger partial charge in [-0.3, -0.25) is 15.1 Å². The molecule has 3 heterocycles. The number of nitrogens with zero attached hydrogens (tertiary/aromatic N) is 3. The monoisotopic (exact) mass is 428 g/mol. The number of carbonyl (C=O) groups is 1. The Morgan fingerprint density at radius 3 is 2.48 bits per heavy atom. The molecule has 31 heavy (non-hydrogen) atoms. The van der Waals surface area contributed by atoms with Crippen molar-refractivity contribution >= 4 is 17.7 Å². The van der Waals surface area contributed by atoms with E-state index < -0.39 is 23.5 Å². The predicted molar refractivity (Wildman–Crippen MR) is 107 cm³/mol. The number of benzene rings is 2. The second-order valence-corrected chi connectivity index (χ2v) is 7.81. The van der Waals surface area contributed by atoms with Crippen LogP contribution >= 0.6 is 0 Å². The first kappa shape index (κ1) is 19.6. The summed E-state index contributed by atoms with van der Waals surface area (Å²) in [4.78, 5) is 20.3. The van der Waals surface area contributed by atoms with Gasteiger partial charge in [-0.1, -0.05) is 6.07 Å². The van der Waals surface area contributed by atoms with Crippen molar-refractivity contribution in [1.82, 2.24) is 15.1 Å². The molecule has 2 amide bonds. The van der Waals surface area contributed by atoms with E-state index in [1.807, 2.05) is 19.1 Å². The van der Waals surface area contributed by atoms with Gasteiger partial charge in [0.1, 0.15) is 5.82 Å². The van der Waals surface area contributed by atoms with Crippen LogP contribution in [-0.4, -0.2) is 28.8 Å². The zero-order chi connectivity index (χ0) is 21.9. The quantitative estimate of drug-likeness (QED) is 0.723. The van der Waals surface area contributed by atoms with Crippen molar-refractivity contribution < 1.29 is 22.7 Å². The third-order valence-corrected chi connectivity index (χ3v) is 5.83. The Hall–Kier alpha value is -3.33. The number of hydrogen-bond acceptors (Lipinski definition) is 3. The first-order chi connectivity index (χ1) is 14.8. The van der Waals surface area contributed by atoms with Crippen LogP contribution in [0.25, 0.3) is 0 Å². The minimum Gasteiger partial charge on any atom is -0.372 e. The lowest BCUT2D eigenvalue weighted by atomic mass is 10.0. The first-order valence-electron chi connectivity index (χ1n) is 9.81. The van der Waals surface area contributed by atoms with Gasteiger partial charge in [0, 0.05) is 7.05 Å². The molecule has 1 unspecified atom stereocenters. The largest absolute Gasteiger partial charge is 0.372 e. The molecule has 160 valence electrons. The number of hydrogen-bond donors (Lipinski definition) is 1. The number of fused-ring (bicyclic) bond motifs is 2. The van der Waals surface area contributed by atoms with Gasteiger partial charge in [0.2, 0.25) is 5.96 Å². The van der Waals surface area contributed by atoms with Crippen molar-refractivity contribution in [3.63, 3.8) is 0 Å². The summed E-state index contributed by atoms with van der Waals surface area (Å²) in [5.74, 6) is -3.25. The van der Waals surface area contributed by atoms with Crippen LogP contribution in [0.5, 0.6) is 0 Å². The van der Waals surface area contributed by atoms with Crippen LogP contribution < -0.4 is 5.32 Å². The Morgan fingerprint density at radius 1 is 1.10 bits per heavy atom. The lowest BCUT2D eigenvalue weighted by Gasteiger charge is -2.38. The minimum atomic E-state index is -1.51. The molecule has 1 atom stereocenters. The Labute approximate surface area is 176 Å². The highest BCUT2D eigenvalue weighted by molar-refractivity contribution is 6.02. The van der Waals surface area contributed by atoms with Crippen molar-refractivity contribution in [3.8, 4) is 0 Å². The number of guanidine groups is 1. The second-order valence-electron chi connectivity index (χ2n) is 7.81. The zero-order valence-corrected chi connectivity index (χ0v) is 16.9. The molecule has 5 rings (SSSR count). The highest BCUT2D eigenvalue weighted by Crippen LogP contribution is 2.39. The average Bonchev–Trinajstić information content (AvgIpc) is 3.37. The van der Waals surface area contributed by atoms with Gasteiger partial charge in [-0.25, -0.2) is 23.0 Å². The Bertz CT molecular complexity index is 1150. The number of nitrogens with one attached hydrogen (secondary N) is 1.